The number of piperidine rings is 1. The lowest BCUT2D eigenvalue weighted by atomic mass is 9.78. The Kier molecular flexibility index (Phi) is 8.15. The van der Waals surface area contributed by atoms with E-state index in [4.69, 9.17) is 0 Å². The molecule has 2 aromatic carbocycles. The molecule has 37 heavy (non-hydrogen) atoms. The Hall–Kier alpha value is -2.09. The normalized spacial score (nSPS) is 17.9. The molecular weight excluding hydrogens is 450 g/mol. The minimum absolute atomic E-state index is 0.0599. The van der Waals surface area contributed by atoms with Crippen molar-refractivity contribution in [3.63, 3.8) is 0 Å². The first-order valence-corrected chi connectivity index (χ1v) is 14.3. The second-order valence-corrected chi connectivity index (χ2v) is 15.6. The van der Waals surface area contributed by atoms with Crippen molar-refractivity contribution in [3.05, 3.63) is 69.8 Å². The van der Waals surface area contributed by atoms with E-state index in [0.717, 1.165) is 25.8 Å². The van der Waals surface area contributed by atoms with Crippen LogP contribution in [-0.2, 0) is 39.4 Å². The maximum atomic E-state index is 13.8. The van der Waals surface area contributed by atoms with Crippen molar-refractivity contribution < 1.29 is 4.79 Å². The highest BCUT2D eigenvalue weighted by molar-refractivity contribution is 5.80. The summed E-state index contributed by atoms with van der Waals surface area (Å²) in [5, 5.41) is 0. The van der Waals surface area contributed by atoms with Gasteiger partial charge in [-0.25, -0.2) is 0 Å². The van der Waals surface area contributed by atoms with Crippen LogP contribution >= 0.6 is 0 Å². The maximum absolute atomic E-state index is 13.8. The van der Waals surface area contributed by atoms with Crippen LogP contribution in [0.15, 0.2) is 36.4 Å². The van der Waals surface area contributed by atoms with Gasteiger partial charge >= 0.3 is 0 Å². The molecule has 1 atom stereocenters. The third kappa shape index (κ3) is 7.49. The van der Waals surface area contributed by atoms with E-state index in [-0.39, 0.29) is 27.6 Å². The van der Waals surface area contributed by atoms with E-state index < -0.39 is 0 Å². The van der Waals surface area contributed by atoms with Gasteiger partial charge in [0.25, 0.3) is 0 Å². The fourth-order valence-corrected chi connectivity index (χ4v) is 5.20. The Morgan fingerprint density at radius 2 is 1.00 bits per heavy atom. The molecule has 1 fully saturated rings. The zero-order valence-electron chi connectivity index (χ0n) is 25.9. The topological polar surface area (TPSA) is 20.3 Å². The molecule has 1 aliphatic rings. The smallest absolute Gasteiger partial charge is 0.226 e. The molecule has 1 amide bonds. The summed E-state index contributed by atoms with van der Waals surface area (Å²) in [5.74, 6) is 0.382. The molecule has 1 saturated heterocycles. The number of nitrogens with zero attached hydrogens (tertiary/aromatic N) is 1. The van der Waals surface area contributed by atoms with Crippen molar-refractivity contribution in [2.45, 2.75) is 131 Å². The predicted molar refractivity (Wildman–Crippen MR) is 160 cm³/mol. The van der Waals surface area contributed by atoms with Crippen molar-refractivity contribution >= 4 is 5.91 Å². The summed E-state index contributed by atoms with van der Waals surface area (Å²) in [6, 6.07) is 14.1. The predicted octanol–water partition coefficient (Wildman–Crippen LogP) is 8.86. The van der Waals surface area contributed by atoms with Crippen LogP contribution < -0.4 is 0 Å². The van der Waals surface area contributed by atoms with Crippen LogP contribution in [0.1, 0.15) is 129 Å². The van der Waals surface area contributed by atoms with Crippen molar-refractivity contribution in [2.24, 2.45) is 5.92 Å². The number of amides is 1. The lowest BCUT2D eigenvalue weighted by molar-refractivity contribution is -0.139. The number of benzene rings is 2. The molecule has 0 N–H and O–H groups in total. The maximum Gasteiger partial charge on any atom is 0.226 e. The first kappa shape index (κ1) is 29.5. The van der Waals surface area contributed by atoms with Crippen molar-refractivity contribution in [2.75, 3.05) is 6.54 Å². The van der Waals surface area contributed by atoms with Crippen LogP contribution in [0.3, 0.4) is 0 Å². The van der Waals surface area contributed by atoms with Gasteiger partial charge in [0.2, 0.25) is 5.91 Å². The van der Waals surface area contributed by atoms with Crippen molar-refractivity contribution in [3.8, 4) is 0 Å². The minimum Gasteiger partial charge on any atom is -0.338 e. The van der Waals surface area contributed by atoms with Crippen molar-refractivity contribution in [1.82, 2.24) is 4.90 Å². The minimum atomic E-state index is 0.0599. The quantitative estimate of drug-likeness (QED) is 0.408. The molecule has 1 aliphatic heterocycles. The zero-order chi connectivity index (χ0) is 28.0. The molecule has 204 valence electrons. The van der Waals surface area contributed by atoms with Gasteiger partial charge in [-0.3, -0.25) is 4.79 Å². The van der Waals surface area contributed by atoms with Gasteiger partial charge in [0, 0.05) is 19.0 Å². The van der Waals surface area contributed by atoms with Crippen LogP contribution in [0.5, 0.6) is 0 Å². The van der Waals surface area contributed by atoms with Crippen LogP contribution in [0.25, 0.3) is 0 Å². The van der Waals surface area contributed by atoms with Gasteiger partial charge < -0.3 is 4.90 Å². The van der Waals surface area contributed by atoms with Crippen LogP contribution in [0.4, 0.5) is 0 Å². The van der Waals surface area contributed by atoms with Gasteiger partial charge in [-0.2, -0.15) is 0 Å². The second kappa shape index (κ2) is 10.2. The average molecular weight is 504 g/mol. The third-order valence-corrected chi connectivity index (χ3v) is 7.95. The largest absolute Gasteiger partial charge is 0.338 e. The molecule has 0 spiro atoms. The van der Waals surface area contributed by atoms with Gasteiger partial charge in [-0.15, -0.1) is 0 Å². The Morgan fingerprint density at radius 1 is 0.622 bits per heavy atom. The molecule has 1 heterocycles. The van der Waals surface area contributed by atoms with Gasteiger partial charge in [0.1, 0.15) is 0 Å². The first-order valence-electron chi connectivity index (χ1n) is 14.3. The van der Waals surface area contributed by atoms with Crippen molar-refractivity contribution in [1.29, 1.82) is 0 Å². The molecule has 3 rings (SSSR count). The second-order valence-electron chi connectivity index (χ2n) is 15.6. The monoisotopic (exact) mass is 503 g/mol. The SMILES string of the molecule is CC(C)(C)c1cc(CC2CCCN(Cc3cc(C(C)(C)C)cc(C(C)(C)C)c3)C2=O)cc(C(C)(C)C)c1. The summed E-state index contributed by atoms with van der Waals surface area (Å²) in [6.45, 7) is 28.9. The van der Waals surface area contributed by atoms with Gasteiger partial charge in [-0.05, 0) is 74.3 Å². The number of rotatable bonds is 4. The van der Waals surface area contributed by atoms with E-state index in [1.54, 1.807) is 0 Å². The molecule has 2 heteroatoms. The van der Waals surface area contributed by atoms with E-state index in [2.05, 4.69) is 124 Å². The van der Waals surface area contributed by atoms with Gasteiger partial charge in [-0.1, -0.05) is 119 Å². The third-order valence-electron chi connectivity index (χ3n) is 7.95. The summed E-state index contributed by atoms with van der Waals surface area (Å²) in [4.78, 5) is 15.9. The number of carbonyl (C=O) groups is 1. The molecule has 0 saturated carbocycles. The van der Waals surface area contributed by atoms with E-state index in [0.29, 0.717) is 12.5 Å². The standard InChI is InChI=1S/C35H53NO/c1-32(2,3)27-17-24(18-28(21-27)33(4,5)6)16-26-14-13-15-36(31(26)37)23-25-19-29(34(7,8)9)22-30(20-25)35(10,11)12/h17-22,26H,13-16,23H2,1-12H3. The average Bonchev–Trinajstić information content (AvgIpc) is 2.74. The highest BCUT2D eigenvalue weighted by Gasteiger charge is 2.30. The Bertz CT molecular complexity index is 960. The van der Waals surface area contributed by atoms with Crippen LogP contribution in [0, 0.1) is 5.92 Å². The van der Waals surface area contributed by atoms with Crippen LogP contribution in [-0.4, -0.2) is 17.4 Å². The molecule has 0 bridgehead atoms. The summed E-state index contributed by atoms with van der Waals surface area (Å²) >= 11 is 0. The molecule has 2 nitrogen and oxygen atoms in total. The molecule has 1 unspecified atom stereocenters. The lowest BCUT2D eigenvalue weighted by Gasteiger charge is -2.34. The van der Waals surface area contributed by atoms with E-state index in [1.807, 2.05) is 0 Å². The Morgan fingerprint density at radius 3 is 1.38 bits per heavy atom. The molecule has 2 aromatic rings. The fourth-order valence-electron chi connectivity index (χ4n) is 5.20. The first-order chi connectivity index (χ1) is 16.7. The summed E-state index contributed by atoms with van der Waals surface area (Å²) < 4.78 is 0. The molecular formula is C35H53NO. The zero-order valence-corrected chi connectivity index (χ0v) is 25.9. The van der Waals surface area contributed by atoms with E-state index >= 15 is 0 Å². The summed E-state index contributed by atoms with van der Waals surface area (Å²) in [5.41, 5.74) is 8.32. The summed E-state index contributed by atoms with van der Waals surface area (Å²) in [7, 11) is 0. The van der Waals surface area contributed by atoms with Crippen LogP contribution in [0.2, 0.25) is 0 Å². The Labute approximate surface area is 228 Å². The number of carbonyl (C=O) groups excluding carboxylic acids is 1. The van der Waals surface area contributed by atoms with Gasteiger partial charge in [0.05, 0.1) is 0 Å². The highest BCUT2D eigenvalue weighted by Crippen LogP contribution is 2.34. The number of likely N-dealkylation sites (tertiary alicyclic amines) is 1. The Balaban J connectivity index is 1.88. The van der Waals surface area contributed by atoms with E-state index in [9.17, 15) is 4.79 Å². The summed E-state index contributed by atoms with van der Waals surface area (Å²) in [6.07, 6.45) is 2.89. The van der Waals surface area contributed by atoms with Gasteiger partial charge in [0.15, 0.2) is 0 Å². The fraction of sp³-hybridized carbons (Fsp3) is 0.629. The van der Waals surface area contributed by atoms with E-state index in [1.165, 1.54) is 33.4 Å². The number of hydrogen-bond donors (Lipinski definition) is 0. The lowest BCUT2D eigenvalue weighted by Crippen LogP contribution is -2.41. The molecule has 0 aromatic heterocycles. The highest BCUT2D eigenvalue weighted by atomic mass is 16.2. The molecule has 0 radical (unpaired) electrons. The number of hydrogen-bond acceptors (Lipinski definition) is 1. The molecule has 0 aliphatic carbocycles.